The molecule has 0 saturated heterocycles. The molecule has 4 nitrogen and oxygen atoms in total. The minimum Gasteiger partial charge on any atom is -0.385 e. The van der Waals surface area contributed by atoms with E-state index >= 15 is 0 Å². The first-order valence-corrected chi connectivity index (χ1v) is 6.90. The quantitative estimate of drug-likeness (QED) is 0.542. The molecule has 0 bridgehead atoms. The standard InChI is InChI=1S/C11H19N3OS/c1-3-14-10(9-5-6-9)12-13-11(14)16-8-4-7-15-2/h9H,3-8H2,1-2H3. The molecule has 1 fully saturated rings. The molecular formula is C11H19N3OS. The molecule has 2 rings (SSSR count). The Bertz CT molecular complexity index is 336. The number of ether oxygens (including phenoxy) is 1. The van der Waals surface area contributed by atoms with Gasteiger partial charge in [0.05, 0.1) is 0 Å². The molecule has 0 N–H and O–H groups in total. The number of methoxy groups -OCH3 is 1. The van der Waals surface area contributed by atoms with E-state index in [1.807, 2.05) is 0 Å². The SMILES string of the molecule is CCn1c(SCCCOC)nnc1C1CC1. The molecule has 5 heteroatoms. The van der Waals surface area contributed by atoms with Crippen LogP contribution < -0.4 is 0 Å². The Hall–Kier alpha value is -0.550. The zero-order valence-electron chi connectivity index (χ0n) is 9.98. The third kappa shape index (κ3) is 2.77. The number of aromatic nitrogens is 3. The number of hydrogen-bond acceptors (Lipinski definition) is 4. The number of hydrogen-bond donors (Lipinski definition) is 0. The van der Waals surface area contributed by atoms with Gasteiger partial charge in [0.1, 0.15) is 5.82 Å². The lowest BCUT2D eigenvalue weighted by Gasteiger charge is -2.05. The van der Waals surface area contributed by atoms with Crippen LogP contribution in [0.25, 0.3) is 0 Å². The van der Waals surface area contributed by atoms with Gasteiger partial charge in [-0.2, -0.15) is 0 Å². The summed E-state index contributed by atoms with van der Waals surface area (Å²) in [5.74, 6) is 2.92. The summed E-state index contributed by atoms with van der Waals surface area (Å²) >= 11 is 1.79. The molecule has 0 amide bonds. The smallest absolute Gasteiger partial charge is 0.191 e. The molecule has 0 unspecified atom stereocenters. The molecule has 1 saturated carbocycles. The van der Waals surface area contributed by atoms with Crippen molar-refractivity contribution in [3.63, 3.8) is 0 Å². The van der Waals surface area contributed by atoms with Gasteiger partial charge in [0.2, 0.25) is 0 Å². The molecule has 0 aliphatic heterocycles. The van der Waals surface area contributed by atoms with Crippen molar-refractivity contribution in [3.05, 3.63) is 5.82 Å². The summed E-state index contributed by atoms with van der Waals surface area (Å²) in [7, 11) is 1.74. The van der Waals surface area contributed by atoms with Crippen LogP contribution >= 0.6 is 11.8 Å². The van der Waals surface area contributed by atoms with Gasteiger partial charge in [-0.25, -0.2) is 0 Å². The van der Waals surface area contributed by atoms with E-state index in [-0.39, 0.29) is 0 Å². The van der Waals surface area contributed by atoms with E-state index < -0.39 is 0 Å². The highest BCUT2D eigenvalue weighted by Crippen LogP contribution is 2.39. The monoisotopic (exact) mass is 241 g/mol. The first-order chi connectivity index (χ1) is 7.86. The Labute approximate surface area is 101 Å². The van der Waals surface area contributed by atoms with Crippen LogP contribution in [0.4, 0.5) is 0 Å². The van der Waals surface area contributed by atoms with Crippen molar-refractivity contribution in [1.29, 1.82) is 0 Å². The second kappa shape index (κ2) is 5.68. The number of nitrogens with zero attached hydrogens (tertiary/aromatic N) is 3. The average Bonchev–Trinajstić information content (AvgIpc) is 3.06. The van der Waals surface area contributed by atoms with Crippen molar-refractivity contribution in [2.45, 2.75) is 43.8 Å². The molecule has 1 heterocycles. The van der Waals surface area contributed by atoms with Crippen molar-refractivity contribution in [2.75, 3.05) is 19.5 Å². The van der Waals surface area contributed by atoms with Crippen molar-refractivity contribution >= 4 is 11.8 Å². The molecule has 0 aromatic carbocycles. The van der Waals surface area contributed by atoms with E-state index in [2.05, 4.69) is 21.7 Å². The summed E-state index contributed by atoms with van der Waals surface area (Å²) in [6.45, 7) is 3.96. The minimum atomic E-state index is 0.681. The Balaban J connectivity index is 1.92. The molecular weight excluding hydrogens is 222 g/mol. The third-order valence-electron chi connectivity index (χ3n) is 2.73. The normalized spacial score (nSPS) is 15.6. The lowest BCUT2D eigenvalue weighted by atomic mass is 10.4. The van der Waals surface area contributed by atoms with E-state index in [0.29, 0.717) is 5.92 Å². The van der Waals surface area contributed by atoms with Gasteiger partial charge in [-0.1, -0.05) is 11.8 Å². The first-order valence-electron chi connectivity index (χ1n) is 5.91. The van der Waals surface area contributed by atoms with Gasteiger partial charge in [-0.05, 0) is 26.2 Å². The Kier molecular flexibility index (Phi) is 4.23. The van der Waals surface area contributed by atoms with Crippen molar-refractivity contribution in [2.24, 2.45) is 0 Å². The lowest BCUT2D eigenvalue weighted by Crippen LogP contribution is -2.02. The van der Waals surface area contributed by atoms with E-state index in [1.165, 1.54) is 18.7 Å². The van der Waals surface area contributed by atoms with Gasteiger partial charge in [0.15, 0.2) is 5.16 Å². The predicted molar refractivity (Wildman–Crippen MR) is 64.9 cm³/mol. The zero-order chi connectivity index (χ0) is 11.4. The van der Waals surface area contributed by atoms with Crippen LogP contribution in [0.2, 0.25) is 0 Å². The van der Waals surface area contributed by atoms with Crippen LogP contribution in [0.3, 0.4) is 0 Å². The second-order valence-corrected chi connectivity index (χ2v) is 5.12. The van der Waals surface area contributed by atoms with Crippen molar-refractivity contribution < 1.29 is 4.74 Å². The highest BCUT2D eigenvalue weighted by Gasteiger charge is 2.29. The van der Waals surface area contributed by atoms with E-state index in [4.69, 9.17) is 4.74 Å². The van der Waals surface area contributed by atoms with Crippen LogP contribution in [-0.4, -0.2) is 34.2 Å². The predicted octanol–water partition coefficient (Wildman–Crippen LogP) is 2.30. The van der Waals surface area contributed by atoms with Crippen molar-refractivity contribution in [1.82, 2.24) is 14.8 Å². The largest absolute Gasteiger partial charge is 0.385 e. The van der Waals surface area contributed by atoms with E-state index in [1.54, 1.807) is 18.9 Å². The highest BCUT2D eigenvalue weighted by atomic mass is 32.2. The summed E-state index contributed by atoms with van der Waals surface area (Å²) in [6, 6.07) is 0. The van der Waals surface area contributed by atoms with Crippen LogP contribution in [0.1, 0.15) is 37.9 Å². The second-order valence-electron chi connectivity index (χ2n) is 4.05. The molecule has 0 atom stereocenters. The van der Waals surface area contributed by atoms with Crippen molar-refractivity contribution in [3.8, 4) is 0 Å². The van der Waals surface area contributed by atoms with Gasteiger partial charge in [0.25, 0.3) is 0 Å². The molecule has 0 spiro atoms. The van der Waals surface area contributed by atoms with Crippen LogP contribution in [0, 0.1) is 0 Å². The summed E-state index contributed by atoms with van der Waals surface area (Å²) < 4.78 is 7.29. The van der Waals surface area contributed by atoms with Gasteiger partial charge < -0.3 is 9.30 Å². The lowest BCUT2D eigenvalue weighted by molar-refractivity contribution is 0.200. The van der Waals surface area contributed by atoms with E-state index in [9.17, 15) is 0 Å². The Morgan fingerprint density at radius 3 is 2.88 bits per heavy atom. The van der Waals surface area contributed by atoms with E-state index in [0.717, 1.165) is 30.5 Å². The topological polar surface area (TPSA) is 39.9 Å². The maximum atomic E-state index is 5.03. The fourth-order valence-electron chi connectivity index (χ4n) is 1.71. The highest BCUT2D eigenvalue weighted by molar-refractivity contribution is 7.99. The van der Waals surface area contributed by atoms with Gasteiger partial charge in [0, 0.05) is 31.9 Å². The fourth-order valence-corrected chi connectivity index (χ4v) is 2.64. The first kappa shape index (κ1) is 11.9. The fraction of sp³-hybridized carbons (Fsp3) is 0.818. The minimum absolute atomic E-state index is 0.681. The van der Waals surface area contributed by atoms with Gasteiger partial charge in [-0.15, -0.1) is 10.2 Å². The van der Waals surface area contributed by atoms with Crippen LogP contribution in [0.15, 0.2) is 5.16 Å². The maximum absolute atomic E-state index is 5.03. The number of rotatable bonds is 7. The average molecular weight is 241 g/mol. The zero-order valence-corrected chi connectivity index (χ0v) is 10.8. The molecule has 1 aromatic rings. The Morgan fingerprint density at radius 1 is 1.44 bits per heavy atom. The van der Waals surface area contributed by atoms with Gasteiger partial charge in [-0.3, -0.25) is 0 Å². The Morgan fingerprint density at radius 2 is 2.25 bits per heavy atom. The third-order valence-corrected chi connectivity index (χ3v) is 3.78. The summed E-state index contributed by atoms with van der Waals surface area (Å²) in [6.07, 6.45) is 3.63. The van der Waals surface area contributed by atoms with Gasteiger partial charge >= 0.3 is 0 Å². The van der Waals surface area contributed by atoms with Crippen LogP contribution in [0.5, 0.6) is 0 Å². The molecule has 0 radical (unpaired) electrons. The molecule has 90 valence electrons. The summed E-state index contributed by atoms with van der Waals surface area (Å²) in [4.78, 5) is 0. The maximum Gasteiger partial charge on any atom is 0.191 e. The van der Waals surface area contributed by atoms with Crippen LogP contribution in [-0.2, 0) is 11.3 Å². The molecule has 16 heavy (non-hydrogen) atoms. The number of thioether (sulfide) groups is 1. The summed E-state index contributed by atoms with van der Waals surface area (Å²) in [5.41, 5.74) is 0. The molecule has 1 aliphatic rings. The molecule has 1 aliphatic carbocycles. The summed E-state index contributed by atoms with van der Waals surface area (Å²) in [5, 5.41) is 9.66. The molecule has 1 aromatic heterocycles.